The van der Waals surface area contributed by atoms with E-state index in [-0.39, 0.29) is 42.0 Å². The molecule has 9 nitrogen and oxygen atoms in total. The highest BCUT2D eigenvalue weighted by Gasteiger charge is 2.52. The number of nitriles is 1. The zero-order chi connectivity index (χ0) is 32.7. The molecule has 240 valence electrons. The van der Waals surface area contributed by atoms with E-state index >= 15 is 0 Å². The van der Waals surface area contributed by atoms with Gasteiger partial charge in [0.1, 0.15) is 30.2 Å². The van der Waals surface area contributed by atoms with Crippen LogP contribution in [0.4, 0.5) is 9.18 Å². The highest BCUT2D eigenvalue weighted by molar-refractivity contribution is 6.76. The summed E-state index contributed by atoms with van der Waals surface area (Å²) in [6.45, 7) is 12.7. The first-order valence-electron chi connectivity index (χ1n) is 15.7. The van der Waals surface area contributed by atoms with Crippen LogP contribution in [0.1, 0.15) is 45.6 Å². The van der Waals surface area contributed by atoms with Crippen LogP contribution in [0.15, 0.2) is 41.2 Å². The number of rotatable bonds is 9. The average molecular weight is 635 g/mol. The number of nitrogens with one attached hydrogen (secondary N) is 1. The summed E-state index contributed by atoms with van der Waals surface area (Å²) in [4.78, 5) is 41.8. The van der Waals surface area contributed by atoms with E-state index < -0.39 is 37.7 Å². The number of carbonyl (C=O) groups is 2. The van der Waals surface area contributed by atoms with Crippen LogP contribution in [0.25, 0.3) is 21.7 Å². The molecule has 1 saturated carbocycles. The number of fused-ring (bicyclic) bond motifs is 5. The molecule has 0 spiro atoms. The molecule has 3 aromatic rings. The highest BCUT2D eigenvalue weighted by atomic mass is 28.3. The second kappa shape index (κ2) is 12.6. The molecular formula is C34H43FN4O5Si. The van der Waals surface area contributed by atoms with Crippen molar-refractivity contribution in [2.75, 3.05) is 6.61 Å². The lowest BCUT2D eigenvalue weighted by Crippen LogP contribution is -2.55. The van der Waals surface area contributed by atoms with E-state index in [1.54, 1.807) is 31.7 Å². The van der Waals surface area contributed by atoms with E-state index in [1.165, 1.54) is 16.7 Å². The fraction of sp³-hybridized carbons (Fsp3) is 0.529. The van der Waals surface area contributed by atoms with Crippen molar-refractivity contribution in [3.63, 3.8) is 0 Å². The van der Waals surface area contributed by atoms with Crippen LogP contribution in [-0.2, 0) is 27.4 Å². The third kappa shape index (κ3) is 7.23. The summed E-state index contributed by atoms with van der Waals surface area (Å²) in [5.41, 5.74) is 0.302. The summed E-state index contributed by atoms with van der Waals surface area (Å²) in [5.74, 6) is -0.827. The Morgan fingerprint density at radius 2 is 1.84 bits per heavy atom. The number of pyridine rings is 1. The second-order valence-corrected chi connectivity index (χ2v) is 20.2. The van der Waals surface area contributed by atoms with Crippen molar-refractivity contribution in [2.45, 2.75) is 103 Å². The van der Waals surface area contributed by atoms with Gasteiger partial charge in [0.15, 0.2) is 0 Å². The topological polar surface area (TPSA) is 114 Å². The van der Waals surface area contributed by atoms with E-state index in [1.807, 2.05) is 18.2 Å². The lowest BCUT2D eigenvalue weighted by Gasteiger charge is -2.35. The van der Waals surface area contributed by atoms with Crippen molar-refractivity contribution in [2.24, 2.45) is 5.92 Å². The zero-order valence-corrected chi connectivity index (χ0v) is 28.0. The largest absolute Gasteiger partial charge is 0.444 e. The maximum atomic E-state index is 14.2. The Morgan fingerprint density at radius 3 is 2.53 bits per heavy atom. The van der Waals surface area contributed by atoms with Gasteiger partial charge in [-0.15, -0.1) is 0 Å². The van der Waals surface area contributed by atoms with Gasteiger partial charge in [0.05, 0.1) is 17.0 Å². The Bertz CT molecular complexity index is 1720. The standard InChI is InChI=1S/C34H43FN4O5Si/c1-34(2,3)44-33(42)39-25-10-8-22(17-25)30(39)31(40)37-24(19-36)15-21-7-11-27-26-12-9-23(35)18-28(26)32(41)38(29(27)16-21)20-43-13-14-45(4,5)6/h7,9,11-12,16,18,22,24-25,30H,8,10,13-15,17,20H2,1-6H3,(H,37,40)/t22-,24?,25+,30-/m0/s1. The normalized spacial score (nSPS) is 20.4. The molecule has 1 saturated heterocycles. The van der Waals surface area contributed by atoms with E-state index in [0.29, 0.717) is 17.5 Å². The molecule has 5 rings (SSSR count). The molecule has 4 atom stereocenters. The molecule has 1 N–H and O–H groups in total. The number of carbonyl (C=O) groups excluding carboxylic acids is 2. The van der Waals surface area contributed by atoms with Crippen LogP contribution in [0.3, 0.4) is 0 Å². The van der Waals surface area contributed by atoms with E-state index in [9.17, 15) is 24.0 Å². The minimum Gasteiger partial charge on any atom is -0.444 e. The Labute approximate surface area is 264 Å². The molecule has 0 radical (unpaired) electrons. The number of hydrogen-bond donors (Lipinski definition) is 1. The van der Waals surface area contributed by atoms with Gasteiger partial charge in [0.25, 0.3) is 5.56 Å². The van der Waals surface area contributed by atoms with Gasteiger partial charge >= 0.3 is 6.09 Å². The minimum atomic E-state index is -1.35. The van der Waals surface area contributed by atoms with Gasteiger partial charge in [-0.25, -0.2) is 9.18 Å². The summed E-state index contributed by atoms with van der Waals surface area (Å²) in [5, 5.41) is 14.6. The molecule has 2 aliphatic rings. The SMILES string of the molecule is CC(C)(C)OC(=O)N1[C@@H]2CC[C@@H](C2)[C@H]1C(=O)NC(C#N)Cc1ccc2c3ccc(F)cc3c(=O)n(COCC[Si](C)(C)C)c2c1. The third-order valence-electron chi connectivity index (χ3n) is 8.69. The average Bonchev–Trinajstić information content (AvgIpc) is 3.57. The predicted octanol–water partition coefficient (Wildman–Crippen LogP) is 5.94. The Morgan fingerprint density at radius 1 is 1.11 bits per heavy atom. The molecule has 11 heteroatoms. The number of hydrogen-bond acceptors (Lipinski definition) is 6. The molecule has 45 heavy (non-hydrogen) atoms. The van der Waals surface area contributed by atoms with Crippen molar-refractivity contribution in [1.29, 1.82) is 5.26 Å². The Kier molecular flexibility index (Phi) is 9.11. The molecular weight excluding hydrogens is 591 g/mol. The number of aromatic nitrogens is 1. The predicted molar refractivity (Wildman–Crippen MR) is 174 cm³/mol. The van der Waals surface area contributed by atoms with Gasteiger partial charge in [-0.05, 0) is 81.1 Å². The molecule has 1 aromatic heterocycles. The van der Waals surface area contributed by atoms with Crippen molar-refractivity contribution in [3.8, 4) is 6.07 Å². The van der Waals surface area contributed by atoms with E-state index in [2.05, 4.69) is 31.0 Å². The lowest BCUT2D eigenvalue weighted by atomic mass is 9.97. The van der Waals surface area contributed by atoms with Crippen LogP contribution < -0.4 is 10.9 Å². The maximum Gasteiger partial charge on any atom is 0.411 e. The van der Waals surface area contributed by atoms with Gasteiger partial charge in [-0.3, -0.25) is 19.1 Å². The number of amides is 2. The van der Waals surface area contributed by atoms with Gasteiger partial charge in [-0.2, -0.15) is 5.26 Å². The van der Waals surface area contributed by atoms with Crippen molar-refractivity contribution >= 4 is 41.7 Å². The third-order valence-corrected chi connectivity index (χ3v) is 10.4. The smallest absolute Gasteiger partial charge is 0.411 e. The van der Waals surface area contributed by atoms with Crippen LogP contribution >= 0.6 is 0 Å². The van der Waals surface area contributed by atoms with Gasteiger partial charge in [0, 0.05) is 32.5 Å². The van der Waals surface area contributed by atoms with E-state index in [4.69, 9.17) is 9.47 Å². The molecule has 2 fully saturated rings. The summed E-state index contributed by atoms with van der Waals surface area (Å²) in [6, 6.07) is 11.3. The molecule has 1 unspecified atom stereocenters. The number of benzene rings is 2. The summed E-state index contributed by atoms with van der Waals surface area (Å²) in [7, 11) is -1.35. The van der Waals surface area contributed by atoms with Crippen molar-refractivity contribution in [3.05, 3.63) is 58.1 Å². The summed E-state index contributed by atoms with van der Waals surface area (Å²) in [6.07, 6.45) is 2.11. The number of nitrogens with zero attached hydrogens (tertiary/aromatic N) is 3. The molecule has 2 amide bonds. The number of likely N-dealkylation sites (tertiary alicyclic amines) is 1. The van der Waals surface area contributed by atoms with E-state index in [0.717, 1.165) is 36.3 Å². The fourth-order valence-corrected chi connectivity index (χ4v) is 7.28. The first-order valence-corrected chi connectivity index (χ1v) is 19.4. The molecule has 2 bridgehead atoms. The molecule has 1 aliphatic heterocycles. The summed E-state index contributed by atoms with van der Waals surface area (Å²) >= 11 is 0. The van der Waals surface area contributed by atoms with Crippen molar-refractivity contribution < 1.29 is 23.5 Å². The Hall–Kier alpha value is -3.75. The lowest BCUT2D eigenvalue weighted by molar-refractivity contribution is -0.128. The fourth-order valence-electron chi connectivity index (χ4n) is 6.53. The van der Waals surface area contributed by atoms with Crippen LogP contribution in [-0.4, -0.2) is 59.9 Å². The summed E-state index contributed by atoms with van der Waals surface area (Å²) < 4.78 is 27.3. The maximum absolute atomic E-state index is 14.2. The minimum absolute atomic E-state index is 0.0128. The monoisotopic (exact) mass is 634 g/mol. The highest BCUT2D eigenvalue weighted by Crippen LogP contribution is 2.43. The van der Waals surface area contributed by atoms with Gasteiger partial charge in [0.2, 0.25) is 5.91 Å². The molecule has 1 aliphatic carbocycles. The first kappa shape index (κ1) is 32.6. The Balaban J connectivity index is 1.40. The quantitative estimate of drug-likeness (QED) is 0.177. The number of piperidine rings is 1. The second-order valence-electron chi connectivity index (χ2n) is 14.6. The van der Waals surface area contributed by atoms with Crippen LogP contribution in [0.2, 0.25) is 25.7 Å². The van der Waals surface area contributed by atoms with Crippen LogP contribution in [0.5, 0.6) is 0 Å². The van der Waals surface area contributed by atoms with Gasteiger partial charge in [-0.1, -0.05) is 37.8 Å². The van der Waals surface area contributed by atoms with Crippen molar-refractivity contribution in [1.82, 2.24) is 14.8 Å². The zero-order valence-electron chi connectivity index (χ0n) is 27.0. The molecule has 2 aromatic carbocycles. The number of ether oxygens (including phenoxy) is 2. The first-order chi connectivity index (χ1) is 21.1. The molecule has 2 heterocycles. The number of halogens is 1. The van der Waals surface area contributed by atoms with Crippen LogP contribution in [0, 0.1) is 23.1 Å². The van der Waals surface area contributed by atoms with Gasteiger partial charge < -0.3 is 14.8 Å².